The summed E-state index contributed by atoms with van der Waals surface area (Å²) in [5.41, 5.74) is 5.12. The van der Waals surface area contributed by atoms with Crippen molar-refractivity contribution < 1.29 is 29.3 Å². The summed E-state index contributed by atoms with van der Waals surface area (Å²) < 4.78 is 5.85. The number of halogens is 1. The monoisotopic (exact) mass is 711 g/mol. The van der Waals surface area contributed by atoms with Gasteiger partial charge in [0.05, 0.1) is 12.6 Å². The number of esters is 1. The number of benzene rings is 1. The highest BCUT2D eigenvalue weighted by Crippen LogP contribution is 2.32. The topological polar surface area (TPSA) is 193 Å². The van der Waals surface area contributed by atoms with Crippen molar-refractivity contribution in [3.63, 3.8) is 0 Å². The number of carboxylic acid groups (broad SMARTS) is 1. The van der Waals surface area contributed by atoms with Crippen LogP contribution in [-0.4, -0.2) is 75.7 Å². The molecular formula is C31H50BrN7O7. The summed E-state index contributed by atoms with van der Waals surface area (Å²) in [5.74, 6) is -2.36. The Kier molecular flexibility index (Phi) is 16.4. The number of carboxylic acids is 1. The van der Waals surface area contributed by atoms with E-state index in [4.69, 9.17) is 10.5 Å². The molecule has 0 unspecified atom stereocenters. The van der Waals surface area contributed by atoms with E-state index in [1.54, 1.807) is 24.3 Å². The number of hydrogen-bond donors (Lipinski definition) is 4. The van der Waals surface area contributed by atoms with Crippen LogP contribution in [0.2, 0.25) is 0 Å². The lowest BCUT2D eigenvalue weighted by molar-refractivity contribution is -0.485. The highest BCUT2D eigenvalue weighted by Gasteiger charge is 2.47. The van der Waals surface area contributed by atoms with Crippen LogP contribution >= 0.6 is 17.0 Å². The second kappa shape index (κ2) is 19.4. The molecule has 2 aliphatic heterocycles. The van der Waals surface area contributed by atoms with Crippen LogP contribution in [0.5, 0.6) is 0 Å². The zero-order valence-corrected chi connectivity index (χ0v) is 28.7. The van der Waals surface area contributed by atoms with Gasteiger partial charge in [-0.3, -0.25) is 15.1 Å². The Morgan fingerprint density at radius 3 is 2.26 bits per heavy atom. The van der Waals surface area contributed by atoms with E-state index >= 15 is 0 Å². The van der Waals surface area contributed by atoms with Crippen molar-refractivity contribution in [2.24, 2.45) is 10.8 Å². The number of unbranched alkanes of at least 4 members (excludes halogenated alkanes) is 7. The quantitative estimate of drug-likeness (QED) is 0.0443. The number of aliphatic carboxylic acids is 1. The number of hydrazone groups is 1. The summed E-state index contributed by atoms with van der Waals surface area (Å²) in [7, 11) is 0. The van der Waals surface area contributed by atoms with E-state index < -0.39 is 40.6 Å². The smallest absolute Gasteiger partial charge is 0.331 e. The number of guanidine groups is 1. The van der Waals surface area contributed by atoms with E-state index in [-0.39, 0.29) is 35.9 Å². The summed E-state index contributed by atoms with van der Waals surface area (Å²) in [4.78, 5) is 50.7. The van der Waals surface area contributed by atoms with Gasteiger partial charge in [0.1, 0.15) is 16.7 Å². The maximum absolute atomic E-state index is 14.0. The molecule has 2 saturated heterocycles. The summed E-state index contributed by atoms with van der Waals surface area (Å²) in [6.45, 7) is 5.40. The number of ether oxygens (including phenoxy) is 1. The molecule has 3 rings (SSSR count). The average molecular weight is 713 g/mol. The number of nitrogens with one attached hydrogen (secondary N) is 2. The molecule has 0 saturated carbocycles. The van der Waals surface area contributed by atoms with Gasteiger partial charge in [-0.2, -0.15) is 0 Å². The fourth-order valence-corrected chi connectivity index (χ4v) is 6.16. The van der Waals surface area contributed by atoms with Gasteiger partial charge in [0, 0.05) is 18.8 Å². The molecule has 0 radical (unpaired) electrons. The lowest BCUT2D eigenvalue weighted by atomic mass is 9.85. The molecule has 5 N–H and O–H groups in total. The van der Waals surface area contributed by atoms with Crippen LogP contribution in [0.4, 0.5) is 5.69 Å². The molecule has 2 heterocycles. The van der Waals surface area contributed by atoms with Gasteiger partial charge in [0.25, 0.3) is 11.9 Å². The molecule has 15 heteroatoms. The number of nitrogens with two attached hydrogens (primary N) is 1. The minimum atomic E-state index is -1.41. The largest absolute Gasteiger partial charge is 0.480 e. The number of nitrogens with zero attached hydrogens (tertiary/aromatic N) is 4. The molecule has 3 atom stereocenters. The second-order valence-electron chi connectivity index (χ2n) is 11.8. The lowest BCUT2D eigenvalue weighted by Crippen LogP contribution is -2.63. The van der Waals surface area contributed by atoms with Gasteiger partial charge in [-0.1, -0.05) is 70.9 Å². The molecule has 2 aliphatic rings. The number of anilines is 1. The maximum atomic E-state index is 14.0. The molecule has 0 aliphatic carbocycles. The first-order chi connectivity index (χ1) is 21.6. The Bertz CT molecular complexity index is 1190. The molecule has 1 aromatic carbocycles. The normalized spacial score (nSPS) is 20.1. The van der Waals surface area contributed by atoms with E-state index in [9.17, 15) is 29.6 Å². The Labute approximate surface area is 281 Å². The molecular weight excluding hydrogens is 662 g/mol. The number of carbonyl (C=O) groups is 3. The fourth-order valence-electron chi connectivity index (χ4n) is 6.16. The molecule has 258 valence electrons. The average Bonchev–Trinajstić information content (AvgIpc) is 3.16. The minimum Gasteiger partial charge on any atom is -0.480 e. The highest BCUT2D eigenvalue weighted by molar-refractivity contribution is 8.93. The molecule has 0 aromatic heterocycles. The number of fused-ring (bicyclic) bond motifs is 1. The van der Waals surface area contributed by atoms with Crippen molar-refractivity contribution in [1.29, 1.82) is 0 Å². The van der Waals surface area contributed by atoms with E-state index in [2.05, 4.69) is 22.7 Å². The number of nitro groups is 1. The molecule has 2 fully saturated rings. The second-order valence-corrected chi connectivity index (χ2v) is 11.8. The van der Waals surface area contributed by atoms with Crippen LogP contribution in [0.25, 0.3) is 0 Å². The first-order valence-electron chi connectivity index (χ1n) is 16.2. The van der Waals surface area contributed by atoms with E-state index in [1.807, 2.05) is 11.9 Å². The SMILES string of the molecule is Br.CCCCCCCCCCOC(=O)[C@@](CC)(N[C@H]1CCCN2CCC[C@@H](C(=O)O)N2C1=O)c1ccc(NC(N)=N[N+](=O)[O-])cc1. The number of carbonyl (C=O) groups excluding carboxylic acids is 2. The zero-order valence-electron chi connectivity index (χ0n) is 26.9. The van der Waals surface area contributed by atoms with Crippen LogP contribution in [0, 0.1) is 10.1 Å². The maximum Gasteiger partial charge on any atom is 0.331 e. The Morgan fingerprint density at radius 1 is 1.07 bits per heavy atom. The van der Waals surface area contributed by atoms with Crippen molar-refractivity contribution in [2.75, 3.05) is 25.0 Å². The van der Waals surface area contributed by atoms with Gasteiger partial charge in [-0.05, 0) is 56.2 Å². The molecule has 46 heavy (non-hydrogen) atoms. The van der Waals surface area contributed by atoms with Crippen LogP contribution in [-0.2, 0) is 24.7 Å². The third kappa shape index (κ3) is 10.6. The van der Waals surface area contributed by atoms with Crippen molar-refractivity contribution in [3.05, 3.63) is 39.9 Å². The zero-order chi connectivity index (χ0) is 32.8. The van der Waals surface area contributed by atoms with E-state index in [1.165, 1.54) is 30.7 Å². The summed E-state index contributed by atoms with van der Waals surface area (Å²) in [6, 6.07) is 4.77. The standard InChI is InChI=1S/C31H49N7O7.BrH/c1-3-5-6-7-8-9-10-11-22-45-29(42)31(4-2,23-16-18-24(19-17-23)33-30(32)35-38(43)44)34-25-14-12-20-36-21-13-15-26(28(40)41)37(36)27(25)39;/h16-19,25-26,34H,3-15,20-22H2,1-2H3,(H,40,41)(H3,32,33,35);1H/t25-,26-,31-;/m0./s1. The van der Waals surface area contributed by atoms with Crippen LogP contribution in [0.15, 0.2) is 29.4 Å². The fraction of sp³-hybridized carbons (Fsp3) is 0.677. The van der Waals surface area contributed by atoms with Crippen molar-refractivity contribution in [3.8, 4) is 0 Å². The van der Waals surface area contributed by atoms with E-state index in [0.717, 1.165) is 25.7 Å². The minimum absolute atomic E-state index is 0. The molecule has 14 nitrogen and oxygen atoms in total. The van der Waals surface area contributed by atoms with Gasteiger partial charge >= 0.3 is 11.9 Å². The van der Waals surface area contributed by atoms with Crippen molar-refractivity contribution in [2.45, 2.75) is 115 Å². The van der Waals surface area contributed by atoms with Crippen molar-refractivity contribution in [1.82, 2.24) is 15.3 Å². The van der Waals surface area contributed by atoms with Gasteiger partial charge in [0.2, 0.25) is 0 Å². The number of rotatable bonds is 17. The lowest BCUT2D eigenvalue weighted by Gasteiger charge is -2.43. The summed E-state index contributed by atoms with van der Waals surface area (Å²) >= 11 is 0. The van der Waals surface area contributed by atoms with Crippen molar-refractivity contribution >= 4 is 46.5 Å². The first-order valence-corrected chi connectivity index (χ1v) is 16.2. The predicted molar refractivity (Wildman–Crippen MR) is 180 cm³/mol. The molecule has 1 aromatic rings. The van der Waals surface area contributed by atoms with Crippen LogP contribution < -0.4 is 16.4 Å². The van der Waals surface area contributed by atoms with Crippen LogP contribution in [0.3, 0.4) is 0 Å². The summed E-state index contributed by atoms with van der Waals surface area (Å²) in [5, 5.41) is 31.8. The van der Waals surface area contributed by atoms with Crippen LogP contribution in [0.1, 0.15) is 103 Å². The number of hydrogen-bond acceptors (Lipinski definition) is 8. The Hall–Kier alpha value is -3.30. The molecule has 0 spiro atoms. The van der Waals surface area contributed by atoms with Gasteiger partial charge in [-0.15, -0.1) is 17.0 Å². The number of amides is 1. The number of hydrazine groups is 1. The van der Waals surface area contributed by atoms with E-state index in [0.29, 0.717) is 50.0 Å². The Morgan fingerprint density at radius 2 is 1.67 bits per heavy atom. The third-order valence-electron chi connectivity index (χ3n) is 8.58. The predicted octanol–water partition coefficient (Wildman–Crippen LogP) is 4.52. The third-order valence-corrected chi connectivity index (χ3v) is 8.58. The first kappa shape index (κ1) is 38.9. The highest BCUT2D eigenvalue weighted by atomic mass is 79.9. The summed E-state index contributed by atoms with van der Waals surface area (Å²) in [6.07, 6.45) is 11.1. The van der Waals surface area contributed by atoms with Gasteiger partial charge in [-0.25, -0.2) is 24.7 Å². The van der Waals surface area contributed by atoms with Gasteiger partial charge in [0.15, 0.2) is 5.03 Å². The molecule has 1 amide bonds. The Balaban J connectivity index is 0.00000736. The van der Waals surface area contributed by atoms with Gasteiger partial charge < -0.3 is 20.9 Å². The molecule has 0 bridgehead atoms.